The first kappa shape index (κ1) is 17.8. The van der Waals surface area contributed by atoms with Crippen LogP contribution in [0.3, 0.4) is 0 Å². The average molecular weight is 351 g/mol. The second-order valence-electron chi connectivity index (χ2n) is 5.09. The summed E-state index contributed by atoms with van der Waals surface area (Å²) in [5.41, 5.74) is 2.10. The van der Waals surface area contributed by atoms with E-state index in [0.29, 0.717) is 12.4 Å². The third-order valence-corrected chi connectivity index (χ3v) is 3.93. The molecule has 126 valence electrons. The second-order valence-corrected chi connectivity index (χ2v) is 5.49. The van der Waals surface area contributed by atoms with Crippen LogP contribution in [0.15, 0.2) is 30.3 Å². The van der Waals surface area contributed by atoms with Gasteiger partial charge in [-0.25, -0.2) is 9.59 Å². The van der Waals surface area contributed by atoms with Gasteiger partial charge in [0.1, 0.15) is 12.4 Å². The maximum atomic E-state index is 10.6. The number of hydrogen-bond donors (Lipinski definition) is 3. The van der Waals surface area contributed by atoms with Gasteiger partial charge in [0.15, 0.2) is 0 Å². The first-order valence-electron chi connectivity index (χ1n) is 6.96. The molecule has 2 aliphatic heterocycles. The van der Waals surface area contributed by atoms with Gasteiger partial charge in [0.2, 0.25) is 0 Å². The van der Waals surface area contributed by atoms with Crippen molar-refractivity contribution in [2.75, 3.05) is 0 Å². The molecule has 2 aliphatic rings. The van der Waals surface area contributed by atoms with E-state index in [0.717, 1.165) is 16.1 Å². The summed E-state index contributed by atoms with van der Waals surface area (Å²) >= 11 is 5.83. The predicted molar refractivity (Wildman–Crippen MR) is 86.8 cm³/mol. The summed E-state index contributed by atoms with van der Waals surface area (Å²) in [7, 11) is 0. The van der Waals surface area contributed by atoms with Crippen molar-refractivity contribution in [2.24, 2.45) is 0 Å². The molecule has 7 heteroatoms. The Hall–Kier alpha value is -2.57. The molecule has 0 amide bonds. The van der Waals surface area contributed by atoms with Crippen LogP contribution in [0.5, 0.6) is 5.75 Å². The van der Waals surface area contributed by atoms with E-state index in [-0.39, 0.29) is 23.3 Å². The molecule has 0 atom stereocenters. The fourth-order valence-corrected chi connectivity index (χ4v) is 2.48. The van der Waals surface area contributed by atoms with Crippen molar-refractivity contribution in [3.05, 3.63) is 63.2 Å². The van der Waals surface area contributed by atoms with Gasteiger partial charge < -0.3 is 20.1 Å². The number of rotatable bonds is 3. The molecule has 2 bridgehead atoms. The van der Waals surface area contributed by atoms with Gasteiger partial charge >= 0.3 is 11.9 Å². The van der Waals surface area contributed by atoms with Crippen molar-refractivity contribution in [3.8, 4) is 5.75 Å². The Morgan fingerprint density at radius 3 is 2.12 bits per heavy atom. The van der Waals surface area contributed by atoms with Gasteiger partial charge in [-0.3, -0.25) is 0 Å². The smallest absolute Gasteiger partial charge is 0.335 e. The zero-order chi connectivity index (χ0) is 17.9. The molecule has 2 heterocycles. The Balaban J connectivity index is 0.000000175. The number of aromatic carboxylic acids is 2. The van der Waals surface area contributed by atoms with Gasteiger partial charge in [-0.05, 0) is 36.8 Å². The van der Waals surface area contributed by atoms with E-state index in [1.165, 1.54) is 25.1 Å². The Morgan fingerprint density at radius 2 is 1.75 bits per heavy atom. The highest BCUT2D eigenvalue weighted by Crippen LogP contribution is 2.33. The summed E-state index contributed by atoms with van der Waals surface area (Å²) in [5.74, 6) is -1.52. The highest BCUT2D eigenvalue weighted by atomic mass is 35.5. The van der Waals surface area contributed by atoms with E-state index >= 15 is 0 Å². The number of aliphatic hydroxyl groups is 1. The van der Waals surface area contributed by atoms with Crippen LogP contribution in [0, 0.1) is 6.92 Å². The zero-order valence-electron chi connectivity index (χ0n) is 12.7. The summed E-state index contributed by atoms with van der Waals surface area (Å²) in [6.45, 7) is 2.03. The van der Waals surface area contributed by atoms with Crippen LogP contribution in [0.25, 0.3) is 0 Å². The van der Waals surface area contributed by atoms with Gasteiger partial charge in [-0.15, -0.1) is 0 Å². The lowest BCUT2D eigenvalue weighted by Gasteiger charge is -2.19. The Kier molecular flexibility index (Phi) is 5.43. The molecular formula is C17H15ClO6. The lowest BCUT2D eigenvalue weighted by molar-refractivity contribution is 0.0696. The standard InChI is InChI=1S/C9H8O4.C8H7ClO2/c1-5-6(8(10)11)3-2-4-7(5)9(12)13;9-7-2-8-5(3-10)1-6(7)4-11-8/h2-4H,1H3,(H,10,11)(H,12,13);1-2,10H,3-4H2. The molecule has 3 N–H and O–H groups in total. The number of carboxylic acid groups (broad SMARTS) is 2. The molecule has 0 saturated carbocycles. The SMILES string of the molecule is Cc1c(C(=O)O)cccc1C(=O)O.OCc1cc2c(Cl)cc1OC2. The molecule has 0 radical (unpaired) electrons. The highest BCUT2D eigenvalue weighted by molar-refractivity contribution is 6.31. The Morgan fingerprint density at radius 1 is 1.17 bits per heavy atom. The van der Waals surface area contributed by atoms with Crippen molar-refractivity contribution in [1.82, 2.24) is 0 Å². The van der Waals surface area contributed by atoms with Crippen LogP contribution >= 0.6 is 11.6 Å². The van der Waals surface area contributed by atoms with Crippen LogP contribution in [0.1, 0.15) is 37.4 Å². The number of aliphatic hydroxyl groups excluding tert-OH is 1. The molecule has 6 nitrogen and oxygen atoms in total. The highest BCUT2D eigenvalue weighted by Gasteiger charge is 2.15. The topological polar surface area (TPSA) is 104 Å². The number of halogens is 1. The van der Waals surface area contributed by atoms with E-state index in [4.69, 9.17) is 31.7 Å². The van der Waals surface area contributed by atoms with Gasteiger partial charge in [-0.2, -0.15) is 0 Å². The molecule has 2 aromatic carbocycles. The third kappa shape index (κ3) is 3.67. The molecule has 0 aliphatic carbocycles. The van der Waals surface area contributed by atoms with E-state index in [1.807, 2.05) is 6.07 Å². The number of fused-ring (bicyclic) bond motifs is 3. The molecule has 24 heavy (non-hydrogen) atoms. The van der Waals surface area contributed by atoms with E-state index in [1.54, 1.807) is 6.07 Å². The Labute approximate surface area is 142 Å². The van der Waals surface area contributed by atoms with Crippen LogP contribution in [-0.2, 0) is 13.2 Å². The quantitative estimate of drug-likeness (QED) is 0.785. The monoisotopic (exact) mass is 350 g/mol. The van der Waals surface area contributed by atoms with Crippen molar-refractivity contribution in [3.63, 3.8) is 0 Å². The van der Waals surface area contributed by atoms with Crippen LogP contribution in [0.4, 0.5) is 0 Å². The summed E-state index contributed by atoms with van der Waals surface area (Å²) in [4.78, 5) is 21.2. The fourth-order valence-electron chi connectivity index (χ4n) is 2.27. The number of benzene rings is 2. The molecule has 0 fully saturated rings. The average Bonchev–Trinajstić information content (AvgIpc) is 2.55. The normalized spacial score (nSPS) is 11.3. The van der Waals surface area contributed by atoms with E-state index in [2.05, 4.69) is 0 Å². The van der Waals surface area contributed by atoms with Crippen molar-refractivity contribution in [1.29, 1.82) is 0 Å². The van der Waals surface area contributed by atoms with Crippen molar-refractivity contribution in [2.45, 2.75) is 20.1 Å². The van der Waals surface area contributed by atoms with Crippen LogP contribution in [-0.4, -0.2) is 27.3 Å². The predicted octanol–water partition coefficient (Wildman–Crippen LogP) is 3.12. The minimum Gasteiger partial charge on any atom is -0.488 e. The lowest BCUT2D eigenvalue weighted by Crippen LogP contribution is -2.07. The second kappa shape index (κ2) is 7.33. The van der Waals surface area contributed by atoms with E-state index in [9.17, 15) is 9.59 Å². The first-order valence-corrected chi connectivity index (χ1v) is 7.34. The summed E-state index contributed by atoms with van der Waals surface area (Å²) in [5, 5.41) is 26.9. The maximum Gasteiger partial charge on any atom is 0.335 e. The lowest BCUT2D eigenvalue weighted by atomic mass is 10.0. The largest absolute Gasteiger partial charge is 0.488 e. The number of carbonyl (C=O) groups is 2. The molecule has 0 aromatic heterocycles. The fraction of sp³-hybridized carbons (Fsp3) is 0.176. The first-order chi connectivity index (χ1) is 11.3. The molecule has 4 rings (SSSR count). The zero-order valence-corrected chi connectivity index (χ0v) is 13.5. The van der Waals surface area contributed by atoms with Crippen LogP contribution < -0.4 is 4.74 Å². The van der Waals surface area contributed by atoms with Gasteiger partial charge in [0.25, 0.3) is 0 Å². The summed E-state index contributed by atoms with van der Waals surface area (Å²) in [6.07, 6.45) is 0. The molecular weight excluding hydrogens is 336 g/mol. The molecule has 0 unspecified atom stereocenters. The third-order valence-electron chi connectivity index (χ3n) is 3.58. The van der Waals surface area contributed by atoms with Gasteiger partial charge in [0, 0.05) is 11.1 Å². The molecule has 2 aromatic rings. The van der Waals surface area contributed by atoms with Crippen molar-refractivity contribution < 1.29 is 29.6 Å². The minimum atomic E-state index is -1.11. The number of ether oxygens (including phenoxy) is 1. The maximum absolute atomic E-state index is 10.6. The molecule has 0 saturated heterocycles. The van der Waals surface area contributed by atoms with Crippen LogP contribution in [0.2, 0.25) is 5.02 Å². The summed E-state index contributed by atoms with van der Waals surface area (Å²) < 4.78 is 5.24. The molecule has 0 spiro atoms. The Bertz CT molecular complexity index is 768. The van der Waals surface area contributed by atoms with Gasteiger partial charge in [0.05, 0.1) is 22.8 Å². The number of carboxylic acids is 2. The van der Waals surface area contributed by atoms with E-state index < -0.39 is 11.9 Å². The van der Waals surface area contributed by atoms with Crippen molar-refractivity contribution >= 4 is 23.5 Å². The summed E-state index contributed by atoms with van der Waals surface area (Å²) in [6, 6.07) is 7.79. The number of hydrogen-bond acceptors (Lipinski definition) is 4. The van der Waals surface area contributed by atoms with Gasteiger partial charge in [-0.1, -0.05) is 17.7 Å². The minimum absolute atomic E-state index is 0.0134.